The third-order valence-corrected chi connectivity index (χ3v) is 3.50. The molecule has 6 heteroatoms. The fraction of sp³-hybridized carbons (Fsp3) is 0.111. The van der Waals surface area contributed by atoms with Gasteiger partial charge in [-0.05, 0) is 49.4 Å². The number of anilines is 2. The fourth-order valence-corrected chi connectivity index (χ4v) is 2.38. The van der Waals surface area contributed by atoms with Crippen molar-refractivity contribution in [3.05, 3.63) is 60.3 Å². The molecule has 0 unspecified atom stereocenters. The SMILES string of the molecule is CCOC(=O)c1ccc(NC(=O)Nc2cccc3[nH]ccc23)cc1. The minimum Gasteiger partial charge on any atom is -0.462 e. The lowest BCUT2D eigenvalue weighted by Crippen LogP contribution is -2.19. The highest BCUT2D eigenvalue weighted by Gasteiger charge is 2.08. The molecule has 3 rings (SSSR count). The van der Waals surface area contributed by atoms with Crippen LogP contribution in [-0.2, 0) is 4.74 Å². The van der Waals surface area contributed by atoms with Crippen molar-refractivity contribution in [1.82, 2.24) is 4.98 Å². The van der Waals surface area contributed by atoms with Crippen molar-refractivity contribution in [1.29, 1.82) is 0 Å². The third-order valence-electron chi connectivity index (χ3n) is 3.50. The van der Waals surface area contributed by atoms with Crippen LogP contribution in [0.4, 0.5) is 16.2 Å². The number of carbonyl (C=O) groups excluding carboxylic acids is 2. The van der Waals surface area contributed by atoms with E-state index >= 15 is 0 Å². The first kappa shape index (κ1) is 15.6. The molecule has 0 atom stereocenters. The number of fused-ring (bicyclic) bond motifs is 1. The van der Waals surface area contributed by atoms with Crippen molar-refractivity contribution in [3.8, 4) is 0 Å². The predicted molar refractivity (Wildman–Crippen MR) is 93.3 cm³/mol. The van der Waals surface area contributed by atoms with E-state index in [0.29, 0.717) is 17.9 Å². The second-order valence-corrected chi connectivity index (χ2v) is 5.12. The van der Waals surface area contributed by atoms with Crippen molar-refractivity contribution in [3.63, 3.8) is 0 Å². The summed E-state index contributed by atoms with van der Waals surface area (Å²) in [6, 6.07) is 13.7. The van der Waals surface area contributed by atoms with Crippen molar-refractivity contribution in [2.45, 2.75) is 6.92 Å². The van der Waals surface area contributed by atoms with Gasteiger partial charge in [-0.2, -0.15) is 0 Å². The lowest BCUT2D eigenvalue weighted by Gasteiger charge is -2.09. The standard InChI is InChI=1S/C18H17N3O3/c1-2-24-17(22)12-6-8-13(9-7-12)20-18(23)21-16-5-3-4-15-14(16)10-11-19-15/h3-11,19H,2H2,1H3,(H2,20,21,23). The molecule has 0 aliphatic rings. The molecule has 2 amide bonds. The molecule has 0 aliphatic carbocycles. The van der Waals surface area contributed by atoms with E-state index in [9.17, 15) is 9.59 Å². The average Bonchev–Trinajstić information content (AvgIpc) is 3.05. The predicted octanol–water partition coefficient (Wildman–Crippen LogP) is 3.99. The summed E-state index contributed by atoms with van der Waals surface area (Å²) < 4.78 is 4.92. The van der Waals surface area contributed by atoms with Crippen LogP contribution in [-0.4, -0.2) is 23.6 Å². The summed E-state index contributed by atoms with van der Waals surface area (Å²) >= 11 is 0. The van der Waals surface area contributed by atoms with Crippen LogP contribution in [0.2, 0.25) is 0 Å². The Morgan fingerprint density at radius 1 is 1.04 bits per heavy atom. The molecule has 1 aromatic heterocycles. The van der Waals surface area contributed by atoms with Crippen LogP contribution < -0.4 is 10.6 Å². The zero-order chi connectivity index (χ0) is 16.9. The number of benzene rings is 2. The van der Waals surface area contributed by atoms with Gasteiger partial charge in [-0.1, -0.05) is 6.07 Å². The number of hydrogen-bond donors (Lipinski definition) is 3. The second kappa shape index (κ2) is 6.87. The molecule has 24 heavy (non-hydrogen) atoms. The summed E-state index contributed by atoms with van der Waals surface area (Å²) in [5, 5.41) is 6.48. The molecular weight excluding hydrogens is 306 g/mol. The zero-order valence-corrected chi connectivity index (χ0v) is 13.1. The molecule has 6 nitrogen and oxygen atoms in total. The number of H-pyrrole nitrogens is 1. The Morgan fingerprint density at radius 3 is 2.58 bits per heavy atom. The molecule has 0 spiro atoms. The van der Waals surface area contributed by atoms with Crippen molar-refractivity contribution in [2.24, 2.45) is 0 Å². The Morgan fingerprint density at radius 2 is 1.83 bits per heavy atom. The van der Waals surface area contributed by atoms with Crippen LogP contribution in [0.5, 0.6) is 0 Å². The van der Waals surface area contributed by atoms with Gasteiger partial charge in [-0.25, -0.2) is 9.59 Å². The first-order valence-electron chi connectivity index (χ1n) is 7.58. The second-order valence-electron chi connectivity index (χ2n) is 5.12. The molecule has 1 heterocycles. The summed E-state index contributed by atoms with van der Waals surface area (Å²) in [7, 11) is 0. The van der Waals surface area contributed by atoms with Crippen molar-refractivity contribution < 1.29 is 14.3 Å². The Bertz CT molecular complexity index is 869. The van der Waals surface area contributed by atoms with Gasteiger partial charge >= 0.3 is 12.0 Å². The molecule has 2 aromatic carbocycles. The molecule has 0 radical (unpaired) electrons. The number of amides is 2. The molecule has 3 N–H and O–H groups in total. The Labute approximate surface area is 138 Å². The Hall–Kier alpha value is -3.28. The molecule has 3 aromatic rings. The largest absolute Gasteiger partial charge is 0.462 e. The number of carbonyl (C=O) groups is 2. The first-order valence-corrected chi connectivity index (χ1v) is 7.58. The summed E-state index contributed by atoms with van der Waals surface area (Å²) in [4.78, 5) is 26.8. The van der Waals surface area contributed by atoms with Crippen LogP contribution in [0.1, 0.15) is 17.3 Å². The number of aromatic amines is 1. The third kappa shape index (κ3) is 3.38. The lowest BCUT2D eigenvalue weighted by molar-refractivity contribution is 0.0526. The highest BCUT2D eigenvalue weighted by Crippen LogP contribution is 2.22. The zero-order valence-electron chi connectivity index (χ0n) is 13.1. The van der Waals surface area contributed by atoms with E-state index in [2.05, 4.69) is 15.6 Å². The van der Waals surface area contributed by atoms with Gasteiger partial charge in [0.2, 0.25) is 0 Å². The van der Waals surface area contributed by atoms with E-state index < -0.39 is 0 Å². The van der Waals surface area contributed by atoms with Crippen molar-refractivity contribution in [2.75, 3.05) is 17.2 Å². The topological polar surface area (TPSA) is 83.2 Å². The molecule has 0 saturated heterocycles. The van der Waals surface area contributed by atoms with Gasteiger partial charge in [0, 0.05) is 22.8 Å². The minimum absolute atomic E-state index is 0.325. The highest BCUT2D eigenvalue weighted by atomic mass is 16.5. The molecular formula is C18H17N3O3. The quantitative estimate of drug-likeness (QED) is 0.635. The van der Waals surface area contributed by atoms with E-state index in [1.807, 2.05) is 30.5 Å². The lowest BCUT2D eigenvalue weighted by atomic mass is 10.2. The minimum atomic E-state index is -0.382. The maximum absolute atomic E-state index is 12.1. The van der Waals surface area contributed by atoms with Crippen LogP contribution in [0.15, 0.2) is 54.7 Å². The molecule has 122 valence electrons. The van der Waals surface area contributed by atoms with Gasteiger partial charge in [0.1, 0.15) is 0 Å². The van der Waals surface area contributed by atoms with Crippen LogP contribution >= 0.6 is 0 Å². The normalized spacial score (nSPS) is 10.4. The molecule has 0 fully saturated rings. The maximum atomic E-state index is 12.1. The number of ether oxygens (including phenoxy) is 1. The van der Waals surface area contributed by atoms with Crippen LogP contribution in [0.25, 0.3) is 10.9 Å². The number of esters is 1. The van der Waals surface area contributed by atoms with Crippen molar-refractivity contribution >= 4 is 34.3 Å². The number of hydrogen-bond acceptors (Lipinski definition) is 3. The molecule has 0 aliphatic heterocycles. The summed E-state index contributed by atoms with van der Waals surface area (Å²) in [6.45, 7) is 2.08. The Balaban J connectivity index is 1.66. The monoisotopic (exact) mass is 323 g/mol. The summed E-state index contributed by atoms with van der Waals surface area (Å²) in [6.07, 6.45) is 1.82. The van der Waals surface area contributed by atoms with E-state index in [-0.39, 0.29) is 12.0 Å². The van der Waals surface area contributed by atoms with E-state index in [1.165, 1.54) is 0 Å². The van der Waals surface area contributed by atoms with Gasteiger partial charge in [0.15, 0.2) is 0 Å². The fourth-order valence-electron chi connectivity index (χ4n) is 2.38. The highest BCUT2D eigenvalue weighted by molar-refractivity contribution is 6.05. The van der Waals surface area contributed by atoms with Gasteiger partial charge in [0.25, 0.3) is 0 Å². The Kier molecular flexibility index (Phi) is 4.47. The maximum Gasteiger partial charge on any atom is 0.338 e. The summed E-state index contributed by atoms with van der Waals surface area (Å²) in [5.41, 5.74) is 2.70. The average molecular weight is 323 g/mol. The first-order chi connectivity index (χ1) is 11.7. The van der Waals surface area contributed by atoms with E-state index in [0.717, 1.165) is 16.6 Å². The van der Waals surface area contributed by atoms with E-state index in [4.69, 9.17) is 4.74 Å². The number of aromatic nitrogens is 1. The van der Waals surface area contributed by atoms with Crippen LogP contribution in [0, 0.1) is 0 Å². The molecule has 0 saturated carbocycles. The van der Waals surface area contributed by atoms with Crippen LogP contribution in [0.3, 0.4) is 0 Å². The number of urea groups is 1. The number of nitrogens with one attached hydrogen (secondary N) is 3. The van der Waals surface area contributed by atoms with Gasteiger partial charge in [0.05, 0.1) is 17.9 Å². The summed E-state index contributed by atoms with van der Waals surface area (Å²) in [5.74, 6) is -0.382. The van der Waals surface area contributed by atoms with E-state index in [1.54, 1.807) is 31.2 Å². The van der Waals surface area contributed by atoms with Gasteiger partial charge < -0.3 is 20.4 Å². The van der Waals surface area contributed by atoms with Gasteiger partial charge in [-0.3, -0.25) is 0 Å². The van der Waals surface area contributed by atoms with Gasteiger partial charge in [-0.15, -0.1) is 0 Å². The molecule has 0 bridgehead atoms. The smallest absolute Gasteiger partial charge is 0.338 e. The number of rotatable bonds is 4.